The third kappa shape index (κ3) is 5.30. The molecule has 0 aliphatic heterocycles. The van der Waals surface area contributed by atoms with Crippen LogP contribution in [0.1, 0.15) is 25.6 Å². The Morgan fingerprint density at radius 1 is 1.19 bits per heavy atom. The van der Waals surface area contributed by atoms with E-state index in [2.05, 4.69) is 22.2 Å². The molecule has 21 heavy (non-hydrogen) atoms. The van der Waals surface area contributed by atoms with Gasteiger partial charge in [0.1, 0.15) is 23.2 Å². The van der Waals surface area contributed by atoms with Crippen molar-refractivity contribution >= 4 is 11.6 Å². The number of benzene rings is 1. The highest BCUT2D eigenvalue weighted by Gasteiger charge is 2.01. The number of nitrogens with one attached hydrogen (secondary N) is 1. The van der Waals surface area contributed by atoms with Crippen LogP contribution in [0.15, 0.2) is 36.4 Å². The summed E-state index contributed by atoms with van der Waals surface area (Å²) in [6.45, 7) is 3.55. The molecule has 0 aliphatic rings. The highest BCUT2D eigenvalue weighted by atomic mass is 16.5. The monoisotopic (exact) mass is 286 g/mol. The van der Waals surface area contributed by atoms with Crippen molar-refractivity contribution in [2.45, 2.75) is 26.2 Å². The Hall–Kier alpha value is -2.30. The summed E-state index contributed by atoms with van der Waals surface area (Å²) >= 11 is 0. The van der Waals surface area contributed by atoms with Gasteiger partial charge >= 0.3 is 0 Å². The van der Waals surface area contributed by atoms with Crippen LogP contribution in [0.25, 0.3) is 0 Å². The van der Waals surface area contributed by atoms with Crippen LogP contribution in [0, 0.1) is 0 Å². The fraction of sp³-hybridized carbons (Fsp3) is 0.375. The van der Waals surface area contributed by atoms with Crippen molar-refractivity contribution in [1.29, 1.82) is 0 Å². The van der Waals surface area contributed by atoms with Crippen LogP contribution in [0.3, 0.4) is 0 Å². The minimum atomic E-state index is 0.511. The fourth-order valence-electron chi connectivity index (χ4n) is 1.94. The van der Waals surface area contributed by atoms with Gasteiger partial charge in [0, 0.05) is 19.0 Å². The quantitative estimate of drug-likeness (QED) is 0.730. The van der Waals surface area contributed by atoms with E-state index in [1.807, 2.05) is 30.3 Å². The lowest BCUT2D eigenvalue weighted by atomic mass is 10.3. The smallest absolute Gasteiger partial charge is 0.133 e. The molecule has 0 radical (unpaired) electrons. The summed E-state index contributed by atoms with van der Waals surface area (Å²) in [5.74, 6) is 2.98. The van der Waals surface area contributed by atoms with Crippen LogP contribution in [0.2, 0.25) is 0 Å². The van der Waals surface area contributed by atoms with Crippen LogP contribution < -0.4 is 15.8 Å². The number of hydrogen-bond acceptors (Lipinski definition) is 5. The number of hydrogen-bond donors (Lipinski definition) is 2. The summed E-state index contributed by atoms with van der Waals surface area (Å²) in [6, 6.07) is 11.6. The van der Waals surface area contributed by atoms with E-state index in [0.29, 0.717) is 12.4 Å². The Morgan fingerprint density at radius 2 is 2.00 bits per heavy atom. The molecule has 0 atom stereocenters. The van der Waals surface area contributed by atoms with Gasteiger partial charge in [0.25, 0.3) is 0 Å². The Labute approximate surface area is 125 Å². The van der Waals surface area contributed by atoms with Crippen molar-refractivity contribution in [3.05, 3.63) is 42.2 Å². The number of rotatable bonds is 8. The molecule has 112 valence electrons. The van der Waals surface area contributed by atoms with Gasteiger partial charge in [-0.05, 0) is 25.0 Å². The molecule has 3 N–H and O–H groups in total. The first kappa shape index (κ1) is 15.1. The molecule has 0 amide bonds. The van der Waals surface area contributed by atoms with Gasteiger partial charge in [0.2, 0.25) is 0 Å². The third-order valence-electron chi connectivity index (χ3n) is 2.91. The van der Waals surface area contributed by atoms with Crippen LogP contribution >= 0.6 is 0 Å². The highest BCUT2D eigenvalue weighted by Crippen LogP contribution is 2.10. The van der Waals surface area contributed by atoms with Crippen LogP contribution in [-0.4, -0.2) is 23.1 Å². The molecular formula is C16H22N4O. The van der Waals surface area contributed by atoms with E-state index in [4.69, 9.17) is 10.5 Å². The minimum Gasteiger partial charge on any atom is -0.494 e. The summed E-state index contributed by atoms with van der Waals surface area (Å²) in [5.41, 5.74) is 5.78. The highest BCUT2D eigenvalue weighted by molar-refractivity contribution is 5.44. The zero-order chi connectivity index (χ0) is 14.9. The summed E-state index contributed by atoms with van der Waals surface area (Å²) in [6.07, 6.45) is 2.74. The van der Waals surface area contributed by atoms with E-state index < -0.39 is 0 Å². The summed E-state index contributed by atoms with van der Waals surface area (Å²) in [5, 5.41) is 3.26. The number of anilines is 2. The van der Waals surface area contributed by atoms with Gasteiger partial charge in [-0.1, -0.05) is 25.1 Å². The molecule has 0 saturated carbocycles. The molecule has 5 heteroatoms. The standard InChI is InChI=1S/C16H22N4O/c1-2-7-15-19-14(17)12-16(20-15)18-10-6-11-21-13-8-4-3-5-9-13/h3-5,8-9,12H,2,6-7,10-11H2,1H3,(H3,17,18,19,20). The molecule has 2 rings (SSSR count). The summed E-state index contributed by atoms with van der Waals surface area (Å²) < 4.78 is 5.63. The molecule has 0 aliphatic carbocycles. The predicted molar refractivity (Wildman–Crippen MR) is 85.5 cm³/mol. The number of para-hydroxylation sites is 1. The maximum Gasteiger partial charge on any atom is 0.133 e. The second-order valence-electron chi connectivity index (χ2n) is 4.79. The zero-order valence-corrected chi connectivity index (χ0v) is 12.4. The van der Waals surface area contributed by atoms with Crippen LogP contribution in [-0.2, 0) is 6.42 Å². The fourth-order valence-corrected chi connectivity index (χ4v) is 1.94. The SMILES string of the molecule is CCCc1nc(N)cc(NCCCOc2ccccc2)n1. The first-order chi connectivity index (χ1) is 10.3. The maximum absolute atomic E-state index is 5.78. The Bertz CT molecular complexity index is 545. The van der Waals surface area contributed by atoms with Crippen molar-refractivity contribution in [2.24, 2.45) is 0 Å². The van der Waals surface area contributed by atoms with E-state index in [1.165, 1.54) is 0 Å². The first-order valence-electron chi connectivity index (χ1n) is 7.33. The topological polar surface area (TPSA) is 73.1 Å². The van der Waals surface area contributed by atoms with Crippen molar-refractivity contribution in [3.63, 3.8) is 0 Å². The van der Waals surface area contributed by atoms with E-state index in [9.17, 15) is 0 Å². The van der Waals surface area contributed by atoms with Crippen molar-refractivity contribution in [2.75, 3.05) is 24.2 Å². The van der Waals surface area contributed by atoms with Crippen molar-refractivity contribution in [3.8, 4) is 5.75 Å². The van der Waals surface area contributed by atoms with E-state index in [-0.39, 0.29) is 0 Å². The minimum absolute atomic E-state index is 0.511. The van der Waals surface area contributed by atoms with Crippen molar-refractivity contribution in [1.82, 2.24) is 9.97 Å². The van der Waals surface area contributed by atoms with Gasteiger partial charge < -0.3 is 15.8 Å². The molecule has 1 heterocycles. The number of nitrogen functional groups attached to an aromatic ring is 1. The molecule has 1 aromatic carbocycles. The lowest BCUT2D eigenvalue weighted by Gasteiger charge is -2.09. The van der Waals surface area contributed by atoms with Gasteiger partial charge in [0.05, 0.1) is 6.61 Å². The molecule has 0 bridgehead atoms. The third-order valence-corrected chi connectivity index (χ3v) is 2.91. The number of nitrogens with two attached hydrogens (primary N) is 1. The van der Waals surface area contributed by atoms with Gasteiger partial charge in [-0.15, -0.1) is 0 Å². The van der Waals surface area contributed by atoms with E-state index in [1.54, 1.807) is 6.07 Å². The maximum atomic E-state index is 5.78. The zero-order valence-electron chi connectivity index (χ0n) is 12.4. The first-order valence-corrected chi connectivity index (χ1v) is 7.33. The Balaban J connectivity index is 1.73. The molecule has 0 saturated heterocycles. The second kappa shape index (κ2) is 8.09. The molecule has 5 nitrogen and oxygen atoms in total. The predicted octanol–water partition coefficient (Wildman–Crippen LogP) is 2.89. The number of aromatic nitrogens is 2. The van der Waals surface area contributed by atoms with Crippen LogP contribution in [0.4, 0.5) is 11.6 Å². The molecule has 0 spiro atoms. The number of nitrogens with zero attached hydrogens (tertiary/aromatic N) is 2. The van der Waals surface area contributed by atoms with Crippen molar-refractivity contribution < 1.29 is 4.74 Å². The van der Waals surface area contributed by atoms with Gasteiger partial charge in [-0.25, -0.2) is 9.97 Å². The average molecular weight is 286 g/mol. The molecule has 1 aromatic heterocycles. The van der Waals surface area contributed by atoms with Gasteiger partial charge in [0.15, 0.2) is 0 Å². The summed E-state index contributed by atoms with van der Waals surface area (Å²) in [4.78, 5) is 8.65. The number of ether oxygens (including phenoxy) is 1. The number of aryl methyl sites for hydroxylation is 1. The molecule has 0 fully saturated rings. The van der Waals surface area contributed by atoms with Gasteiger partial charge in [-0.3, -0.25) is 0 Å². The Morgan fingerprint density at radius 3 is 2.76 bits per heavy atom. The molecular weight excluding hydrogens is 264 g/mol. The lowest BCUT2D eigenvalue weighted by Crippen LogP contribution is -2.10. The summed E-state index contributed by atoms with van der Waals surface area (Å²) in [7, 11) is 0. The van der Waals surface area contributed by atoms with E-state index >= 15 is 0 Å². The Kier molecular flexibility index (Phi) is 5.82. The largest absolute Gasteiger partial charge is 0.494 e. The second-order valence-corrected chi connectivity index (χ2v) is 4.79. The van der Waals surface area contributed by atoms with Gasteiger partial charge in [-0.2, -0.15) is 0 Å². The average Bonchev–Trinajstić information content (AvgIpc) is 2.48. The van der Waals surface area contributed by atoms with Crippen LogP contribution in [0.5, 0.6) is 5.75 Å². The molecule has 0 unspecified atom stereocenters. The van der Waals surface area contributed by atoms with E-state index in [0.717, 1.165) is 43.2 Å². The lowest BCUT2D eigenvalue weighted by molar-refractivity contribution is 0.315. The molecule has 2 aromatic rings. The normalized spacial score (nSPS) is 10.3.